The maximum absolute atomic E-state index is 5.37. The highest BCUT2D eigenvalue weighted by atomic mass is 16.5. The van der Waals surface area contributed by atoms with Crippen molar-refractivity contribution in [2.24, 2.45) is 5.92 Å². The average molecular weight is 305 g/mol. The molecule has 0 aromatic heterocycles. The Bertz CT molecular complexity index is 327. The van der Waals surface area contributed by atoms with Crippen LogP contribution < -0.4 is 0 Å². The Balaban J connectivity index is 0.000000220. The molecule has 0 radical (unpaired) electrons. The third-order valence-corrected chi connectivity index (χ3v) is 4.40. The van der Waals surface area contributed by atoms with Crippen molar-refractivity contribution < 1.29 is 4.74 Å². The van der Waals surface area contributed by atoms with Gasteiger partial charge in [-0.25, -0.2) is 0 Å². The molecule has 126 valence electrons. The zero-order chi connectivity index (χ0) is 15.9. The van der Waals surface area contributed by atoms with Gasteiger partial charge in [0.05, 0.1) is 6.61 Å². The molecule has 1 aliphatic rings. The van der Waals surface area contributed by atoms with Gasteiger partial charge >= 0.3 is 0 Å². The summed E-state index contributed by atoms with van der Waals surface area (Å²) in [5.74, 6) is 1.11. The molecule has 1 heteroatoms. The summed E-state index contributed by atoms with van der Waals surface area (Å²) in [4.78, 5) is 0. The third kappa shape index (κ3) is 10.00. The van der Waals surface area contributed by atoms with Crippen LogP contribution in [0, 0.1) is 5.92 Å². The molecule has 0 unspecified atom stereocenters. The van der Waals surface area contributed by atoms with E-state index >= 15 is 0 Å². The summed E-state index contributed by atoms with van der Waals surface area (Å²) in [5.41, 5.74) is 1.25. The molecule has 1 aromatic rings. The van der Waals surface area contributed by atoms with Gasteiger partial charge in [-0.15, -0.1) is 0 Å². The van der Waals surface area contributed by atoms with E-state index in [0.717, 1.165) is 25.6 Å². The van der Waals surface area contributed by atoms with Gasteiger partial charge in [0.15, 0.2) is 0 Å². The second-order valence-corrected chi connectivity index (χ2v) is 6.54. The Morgan fingerprint density at radius 1 is 0.909 bits per heavy atom. The van der Waals surface area contributed by atoms with Crippen molar-refractivity contribution >= 4 is 0 Å². The number of rotatable bonds is 8. The van der Waals surface area contributed by atoms with Crippen molar-refractivity contribution in [2.45, 2.75) is 84.7 Å². The molecule has 0 heterocycles. The Labute approximate surface area is 138 Å². The molecule has 2 rings (SSSR count). The minimum absolute atomic E-state index is 0.745. The van der Waals surface area contributed by atoms with Crippen molar-refractivity contribution in [1.82, 2.24) is 0 Å². The van der Waals surface area contributed by atoms with Crippen molar-refractivity contribution in [3.05, 3.63) is 35.9 Å². The van der Waals surface area contributed by atoms with Gasteiger partial charge in [-0.2, -0.15) is 0 Å². The molecule has 1 aromatic carbocycles. The van der Waals surface area contributed by atoms with Crippen LogP contribution in [0.15, 0.2) is 30.3 Å². The smallest absolute Gasteiger partial charge is 0.0716 e. The predicted molar refractivity (Wildman–Crippen MR) is 97.1 cm³/mol. The molecular formula is C21H36O. The fourth-order valence-electron chi connectivity index (χ4n) is 3.07. The minimum atomic E-state index is 0.745. The Hall–Kier alpha value is -0.820. The number of unbranched alkanes of at least 4 members (excludes halogenated alkanes) is 2. The Morgan fingerprint density at radius 2 is 1.64 bits per heavy atom. The Kier molecular flexibility index (Phi) is 12.1. The van der Waals surface area contributed by atoms with Crippen LogP contribution in [0.2, 0.25) is 0 Å². The summed E-state index contributed by atoms with van der Waals surface area (Å²) < 4.78 is 5.37. The van der Waals surface area contributed by atoms with Gasteiger partial charge in [0.25, 0.3) is 0 Å². The molecule has 22 heavy (non-hydrogen) atoms. The van der Waals surface area contributed by atoms with Crippen molar-refractivity contribution in [1.29, 1.82) is 0 Å². The molecule has 1 saturated carbocycles. The quantitative estimate of drug-likeness (QED) is 0.482. The molecule has 0 N–H and O–H groups in total. The lowest BCUT2D eigenvalue weighted by molar-refractivity contribution is 0.121. The van der Waals surface area contributed by atoms with Gasteiger partial charge in [0, 0.05) is 6.61 Å². The van der Waals surface area contributed by atoms with E-state index in [9.17, 15) is 0 Å². The summed E-state index contributed by atoms with van der Waals surface area (Å²) in [6.45, 7) is 6.01. The van der Waals surface area contributed by atoms with E-state index in [1.807, 2.05) is 18.2 Å². The molecule has 1 aliphatic carbocycles. The highest BCUT2D eigenvalue weighted by molar-refractivity contribution is 5.13. The van der Waals surface area contributed by atoms with Gasteiger partial charge in [0.1, 0.15) is 0 Å². The van der Waals surface area contributed by atoms with E-state index in [0.29, 0.717) is 0 Å². The summed E-state index contributed by atoms with van der Waals surface area (Å²) in [5, 5.41) is 0. The number of ether oxygens (including phenoxy) is 1. The summed E-state index contributed by atoms with van der Waals surface area (Å²) in [6, 6.07) is 10.2. The topological polar surface area (TPSA) is 9.23 Å². The maximum Gasteiger partial charge on any atom is 0.0716 e. The SMILES string of the molecule is CCCCCC1CCCCC1.CCCOCc1ccccc1. The van der Waals surface area contributed by atoms with Crippen LogP contribution in [-0.4, -0.2) is 6.61 Å². The molecule has 0 atom stereocenters. The number of hydrogen-bond donors (Lipinski definition) is 0. The molecule has 0 bridgehead atoms. The molecular weight excluding hydrogens is 268 g/mol. The lowest BCUT2D eigenvalue weighted by atomic mass is 9.86. The highest BCUT2D eigenvalue weighted by Gasteiger charge is 2.11. The third-order valence-electron chi connectivity index (χ3n) is 4.40. The van der Waals surface area contributed by atoms with E-state index in [2.05, 4.69) is 26.0 Å². The molecule has 1 nitrogen and oxygen atoms in total. The van der Waals surface area contributed by atoms with Crippen molar-refractivity contribution in [3.8, 4) is 0 Å². The first-order valence-corrected chi connectivity index (χ1v) is 9.48. The van der Waals surface area contributed by atoms with Crippen LogP contribution >= 0.6 is 0 Å². The fourth-order valence-corrected chi connectivity index (χ4v) is 3.07. The fraction of sp³-hybridized carbons (Fsp3) is 0.714. The summed E-state index contributed by atoms with van der Waals surface area (Å²) >= 11 is 0. The highest BCUT2D eigenvalue weighted by Crippen LogP contribution is 2.27. The van der Waals surface area contributed by atoms with E-state index in [1.54, 1.807) is 0 Å². The average Bonchev–Trinajstić information content (AvgIpc) is 2.58. The maximum atomic E-state index is 5.37. The first-order chi connectivity index (χ1) is 10.9. The van der Waals surface area contributed by atoms with Gasteiger partial charge in [-0.1, -0.05) is 102 Å². The number of hydrogen-bond acceptors (Lipinski definition) is 1. The van der Waals surface area contributed by atoms with E-state index < -0.39 is 0 Å². The van der Waals surface area contributed by atoms with Gasteiger partial charge in [-0.05, 0) is 17.9 Å². The van der Waals surface area contributed by atoms with Crippen molar-refractivity contribution in [3.63, 3.8) is 0 Å². The van der Waals surface area contributed by atoms with Crippen LogP contribution in [0.3, 0.4) is 0 Å². The number of benzene rings is 1. The van der Waals surface area contributed by atoms with Crippen molar-refractivity contribution in [2.75, 3.05) is 6.61 Å². The minimum Gasteiger partial charge on any atom is -0.377 e. The molecule has 0 saturated heterocycles. The standard InChI is InChI=1S/C11H22.C10H14O/c1-2-3-5-8-11-9-6-4-7-10-11;1-2-8-11-9-10-6-4-3-5-7-10/h11H,2-10H2,1H3;3-7H,2,8-9H2,1H3. The summed E-state index contributed by atoms with van der Waals surface area (Å²) in [6.07, 6.45) is 14.5. The van der Waals surface area contributed by atoms with Crippen LogP contribution in [0.25, 0.3) is 0 Å². The Morgan fingerprint density at radius 3 is 2.27 bits per heavy atom. The normalized spacial score (nSPS) is 15.2. The van der Waals surface area contributed by atoms with Crippen LogP contribution in [0.4, 0.5) is 0 Å². The lowest BCUT2D eigenvalue weighted by Gasteiger charge is -2.20. The van der Waals surface area contributed by atoms with Gasteiger partial charge < -0.3 is 4.74 Å². The lowest BCUT2D eigenvalue weighted by Crippen LogP contribution is -2.05. The van der Waals surface area contributed by atoms with E-state index in [1.165, 1.54) is 63.4 Å². The van der Waals surface area contributed by atoms with Gasteiger partial charge in [0.2, 0.25) is 0 Å². The first-order valence-electron chi connectivity index (χ1n) is 9.48. The predicted octanol–water partition coefficient (Wildman–Crippen LogP) is 6.76. The van der Waals surface area contributed by atoms with Gasteiger partial charge in [-0.3, -0.25) is 0 Å². The van der Waals surface area contributed by atoms with E-state index in [-0.39, 0.29) is 0 Å². The largest absolute Gasteiger partial charge is 0.377 e. The van der Waals surface area contributed by atoms with Crippen LogP contribution in [0.5, 0.6) is 0 Å². The summed E-state index contributed by atoms with van der Waals surface area (Å²) in [7, 11) is 0. The second kappa shape index (κ2) is 13.8. The molecule has 0 aliphatic heterocycles. The second-order valence-electron chi connectivity index (χ2n) is 6.54. The van der Waals surface area contributed by atoms with Crippen LogP contribution in [-0.2, 0) is 11.3 Å². The van der Waals surface area contributed by atoms with E-state index in [4.69, 9.17) is 4.74 Å². The first kappa shape index (κ1) is 19.2. The molecule has 1 fully saturated rings. The monoisotopic (exact) mass is 304 g/mol. The molecule has 0 amide bonds. The van der Waals surface area contributed by atoms with Crippen LogP contribution in [0.1, 0.15) is 83.6 Å². The zero-order valence-corrected chi connectivity index (χ0v) is 14.9. The molecule has 0 spiro atoms. The zero-order valence-electron chi connectivity index (χ0n) is 14.9.